The molecule has 0 saturated heterocycles. The van der Waals surface area contributed by atoms with Gasteiger partial charge in [-0.25, -0.2) is 0 Å². The number of aliphatic hydroxyl groups excluding tert-OH is 1. The van der Waals surface area contributed by atoms with E-state index in [0.29, 0.717) is 6.61 Å². The van der Waals surface area contributed by atoms with Crippen molar-refractivity contribution in [3.8, 4) is 5.75 Å². The van der Waals surface area contributed by atoms with E-state index in [0.717, 1.165) is 11.7 Å². The molecule has 1 N–H and O–H groups in total. The Kier molecular flexibility index (Phi) is 4.43. The minimum absolute atomic E-state index is 0.0732. The molecule has 0 aromatic heterocycles. The number of hydrogen-bond donors (Lipinski definition) is 1. The van der Waals surface area contributed by atoms with Crippen molar-refractivity contribution in [1.82, 2.24) is 0 Å². The predicted molar refractivity (Wildman–Crippen MR) is 69.6 cm³/mol. The molecule has 0 spiro atoms. The van der Waals surface area contributed by atoms with Gasteiger partial charge in [-0.15, -0.1) is 0 Å². The molecule has 1 saturated carbocycles. The van der Waals surface area contributed by atoms with Gasteiger partial charge in [0.2, 0.25) is 0 Å². The van der Waals surface area contributed by atoms with Crippen molar-refractivity contribution >= 4 is 0 Å². The summed E-state index contributed by atoms with van der Waals surface area (Å²) in [5.41, 5.74) is 2.64. The Hall–Kier alpha value is -1.02. The first-order valence-corrected chi connectivity index (χ1v) is 6.65. The largest absolute Gasteiger partial charge is 0.491 e. The van der Waals surface area contributed by atoms with Crippen molar-refractivity contribution in [3.05, 3.63) is 29.3 Å². The van der Waals surface area contributed by atoms with Gasteiger partial charge < -0.3 is 9.84 Å². The number of aryl methyl sites for hydroxylation is 1. The number of hydrogen-bond acceptors (Lipinski definition) is 2. The predicted octanol–water partition coefficient (Wildman–Crippen LogP) is 3.41. The molecule has 0 heterocycles. The summed E-state index contributed by atoms with van der Waals surface area (Å²) in [6.07, 6.45) is 6.79. The molecule has 0 aliphatic heterocycles. The Morgan fingerprint density at radius 2 is 2.00 bits per heavy atom. The second-order valence-corrected chi connectivity index (χ2v) is 4.93. The van der Waals surface area contributed by atoms with Crippen LogP contribution in [0.5, 0.6) is 5.75 Å². The number of aliphatic hydroxyl groups is 1. The van der Waals surface area contributed by atoms with E-state index in [4.69, 9.17) is 9.84 Å². The Labute approximate surface area is 104 Å². The topological polar surface area (TPSA) is 29.5 Å². The summed E-state index contributed by atoms with van der Waals surface area (Å²) in [5.74, 6) is 1.65. The maximum Gasteiger partial charge on any atom is 0.122 e. The highest BCUT2D eigenvalue weighted by Crippen LogP contribution is 2.34. The zero-order chi connectivity index (χ0) is 12.1. The third-order valence-electron chi connectivity index (χ3n) is 3.62. The molecule has 2 rings (SSSR count). The minimum Gasteiger partial charge on any atom is -0.491 e. The normalized spacial score (nSPS) is 17.1. The minimum atomic E-state index is 0.0732. The van der Waals surface area contributed by atoms with Gasteiger partial charge in [0.1, 0.15) is 12.4 Å². The van der Waals surface area contributed by atoms with E-state index in [-0.39, 0.29) is 6.61 Å². The maximum atomic E-state index is 8.75. The van der Waals surface area contributed by atoms with Crippen LogP contribution in [0.25, 0.3) is 0 Å². The van der Waals surface area contributed by atoms with E-state index in [1.165, 1.54) is 43.2 Å². The lowest BCUT2D eigenvalue weighted by Crippen LogP contribution is -2.06. The van der Waals surface area contributed by atoms with Gasteiger partial charge in [0.25, 0.3) is 0 Å². The van der Waals surface area contributed by atoms with E-state index >= 15 is 0 Å². The first-order valence-electron chi connectivity index (χ1n) is 6.65. The summed E-state index contributed by atoms with van der Waals surface area (Å²) in [7, 11) is 0. The highest BCUT2D eigenvalue weighted by atomic mass is 16.5. The van der Waals surface area contributed by atoms with Gasteiger partial charge in [0.15, 0.2) is 0 Å². The number of benzene rings is 1. The average molecular weight is 234 g/mol. The van der Waals surface area contributed by atoms with E-state index < -0.39 is 0 Å². The zero-order valence-electron chi connectivity index (χ0n) is 10.6. The van der Waals surface area contributed by atoms with Crippen LogP contribution in [0.1, 0.15) is 49.1 Å². The fourth-order valence-corrected chi connectivity index (χ4v) is 2.68. The summed E-state index contributed by atoms with van der Waals surface area (Å²) in [4.78, 5) is 0. The van der Waals surface area contributed by atoms with Crippen LogP contribution >= 0.6 is 0 Å². The van der Waals surface area contributed by atoms with Gasteiger partial charge in [0, 0.05) is 0 Å². The lowest BCUT2D eigenvalue weighted by molar-refractivity contribution is 0.200. The molecule has 1 aliphatic carbocycles. The highest BCUT2D eigenvalue weighted by Gasteiger charge is 2.16. The SMILES string of the molecule is Cc1cc(C2CCCCC2)ccc1OCCO. The standard InChI is InChI=1S/C15H22O2/c1-12-11-14(13-5-3-2-4-6-13)7-8-15(12)17-10-9-16/h7-8,11,13,16H,2-6,9-10H2,1H3. The van der Waals surface area contributed by atoms with Crippen LogP contribution in [0.2, 0.25) is 0 Å². The van der Waals surface area contributed by atoms with Crippen molar-refractivity contribution in [2.24, 2.45) is 0 Å². The molecule has 2 heteroatoms. The highest BCUT2D eigenvalue weighted by molar-refractivity contribution is 5.37. The van der Waals surface area contributed by atoms with Gasteiger partial charge >= 0.3 is 0 Å². The lowest BCUT2D eigenvalue weighted by atomic mass is 9.83. The van der Waals surface area contributed by atoms with Crippen molar-refractivity contribution in [2.75, 3.05) is 13.2 Å². The van der Waals surface area contributed by atoms with Crippen LogP contribution in [0.15, 0.2) is 18.2 Å². The summed E-state index contributed by atoms with van der Waals surface area (Å²) in [6.45, 7) is 2.53. The molecule has 0 bridgehead atoms. The summed E-state index contributed by atoms with van der Waals surface area (Å²) >= 11 is 0. The van der Waals surface area contributed by atoms with Gasteiger partial charge in [-0.05, 0) is 42.9 Å². The Morgan fingerprint density at radius 3 is 2.65 bits per heavy atom. The summed E-state index contributed by atoms with van der Waals surface area (Å²) in [5, 5.41) is 8.75. The van der Waals surface area contributed by atoms with E-state index in [1.807, 2.05) is 0 Å². The van der Waals surface area contributed by atoms with Crippen LogP contribution in [0.3, 0.4) is 0 Å². The van der Waals surface area contributed by atoms with Crippen LogP contribution in [0, 0.1) is 6.92 Å². The molecule has 2 nitrogen and oxygen atoms in total. The molecule has 0 atom stereocenters. The van der Waals surface area contributed by atoms with E-state index in [2.05, 4.69) is 25.1 Å². The van der Waals surface area contributed by atoms with Gasteiger partial charge in [-0.1, -0.05) is 31.4 Å². The van der Waals surface area contributed by atoms with Crippen molar-refractivity contribution in [1.29, 1.82) is 0 Å². The molecular formula is C15H22O2. The maximum absolute atomic E-state index is 8.75. The first kappa shape index (κ1) is 12.4. The molecule has 1 aromatic rings. The van der Waals surface area contributed by atoms with Crippen molar-refractivity contribution in [3.63, 3.8) is 0 Å². The van der Waals surface area contributed by atoms with Crippen molar-refractivity contribution in [2.45, 2.75) is 44.9 Å². The van der Waals surface area contributed by atoms with Crippen LogP contribution < -0.4 is 4.74 Å². The summed E-state index contributed by atoms with van der Waals surface area (Å²) < 4.78 is 5.48. The zero-order valence-corrected chi connectivity index (χ0v) is 10.6. The third kappa shape index (κ3) is 3.22. The van der Waals surface area contributed by atoms with Crippen molar-refractivity contribution < 1.29 is 9.84 Å². The molecule has 94 valence electrons. The Balaban J connectivity index is 2.06. The van der Waals surface area contributed by atoms with Gasteiger partial charge in [-0.3, -0.25) is 0 Å². The van der Waals surface area contributed by atoms with Crippen LogP contribution in [-0.4, -0.2) is 18.3 Å². The molecule has 0 radical (unpaired) electrons. The Morgan fingerprint density at radius 1 is 1.24 bits per heavy atom. The van der Waals surface area contributed by atoms with Gasteiger partial charge in [0.05, 0.1) is 6.61 Å². The number of ether oxygens (including phenoxy) is 1. The second-order valence-electron chi connectivity index (χ2n) is 4.93. The summed E-state index contributed by atoms with van der Waals surface area (Å²) in [6, 6.07) is 6.49. The third-order valence-corrected chi connectivity index (χ3v) is 3.62. The fraction of sp³-hybridized carbons (Fsp3) is 0.600. The van der Waals surface area contributed by atoms with E-state index in [9.17, 15) is 0 Å². The molecule has 0 unspecified atom stereocenters. The van der Waals surface area contributed by atoms with E-state index in [1.54, 1.807) is 0 Å². The Bertz CT molecular complexity index is 354. The lowest BCUT2D eigenvalue weighted by Gasteiger charge is -2.22. The monoisotopic (exact) mass is 234 g/mol. The molecule has 17 heavy (non-hydrogen) atoms. The quantitative estimate of drug-likeness (QED) is 0.865. The molecule has 0 amide bonds. The average Bonchev–Trinajstić information content (AvgIpc) is 2.38. The molecule has 1 aromatic carbocycles. The fourth-order valence-electron chi connectivity index (χ4n) is 2.68. The first-order chi connectivity index (χ1) is 8.31. The smallest absolute Gasteiger partial charge is 0.122 e. The molecular weight excluding hydrogens is 212 g/mol. The van der Waals surface area contributed by atoms with Crippen LogP contribution in [-0.2, 0) is 0 Å². The molecule has 1 aliphatic rings. The second kappa shape index (κ2) is 6.06. The molecule has 1 fully saturated rings. The van der Waals surface area contributed by atoms with Crippen LogP contribution in [0.4, 0.5) is 0 Å². The number of rotatable bonds is 4. The van der Waals surface area contributed by atoms with Gasteiger partial charge in [-0.2, -0.15) is 0 Å².